The Balaban J connectivity index is 1.93. The largest absolute Gasteiger partial charge is 0.469 e. The average molecular weight is 431 g/mol. The van der Waals surface area contributed by atoms with E-state index in [4.69, 9.17) is 16.3 Å². The van der Waals surface area contributed by atoms with E-state index < -0.39 is 10.0 Å². The summed E-state index contributed by atoms with van der Waals surface area (Å²) in [7, 11) is -2.13. The number of carbonyl (C=O) groups excluding carboxylic acids is 2. The van der Waals surface area contributed by atoms with Crippen LogP contribution in [0.3, 0.4) is 0 Å². The van der Waals surface area contributed by atoms with E-state index in [-0.39, 0.29) is 30.8 Å². The number of amides is 1. The van der Waals surface area contributed by atoms with Gasteiger partial charge < -0.3 is 9.64 Å². The van der Waals surface area contributed by atoms with Gasteiger partial charge in [0.15, 0.2) is 0 Å². The molecule has 0 aliphatic carbocycles. The zero-order valence-electron chi connectivity index (χ0n) is 16.5. The number of anilines is 1. The van der Waals surface area contributed by atoms with Gasteiger partial charge in [-0.1, -0.05) is 17.7 Å². The highest BCUT2D eigenvalue weighted by atomic mass is 35.5. The van der Waals surface area contributed by atoms with Crippen molar-refractivity contribution in [1.82, 2.24) is 4.90 Å². The second kappa shape index (κ2) is 9.60. The molecule has 9 heteroatoms. The maximum Gasteiger partial charge on any atom is 0.308 e. The van der Waals surface area contributed by atoms with Gasteiger partial charge in [-0.05, 0) is 43.9 Å². The Bertz CT molecular complexity index is 820. The Kier molecular flexibility index (Phi) is 7.71. The van der Waals surface area contributed by atoms with Crippen molar-refractivity contribution in [3.8, 4) is 0 Å². The number of aryl methyl sites for hydroxylation is 1. The monoisotopic (exact) mass is 430 g/mol. The van der Waals surface area contributed by atoms with Crippen LogP contribution in [-0.2, 0) is 24.3 Å². The Hall–Kier alpha value is -1.80. The van der Waals surface area contributed by atoms with E-state index in [1.165, 1.54) is 11.4 Å². The minimum absolute atomic E-state index is 0.0282. The molecule has 28 heavy (non-hydrogen) atoms. The molecule has 156 valence electrons. The van der Waals surface area contributed by atoms with E-state index in [9.17, 15) is 18.0 Å². The Morgan fingerprint density at radius 2 is 1.93 bits per heavy atom. The Morgan fingerprint density at radius 3 is 2.50 bits per heavy atom. The number of hydrogen-bond donors (Lipinski definition) is 0. The number of likely N-dealkylation sites (tertiary alicyclic amines) is 1. The molecule has 1 saturated heterocycles. The summed E-state index contributed by atoms with van der Waals surface area (Å²) < 4.78 is 30.5. The first kappa shape index (κ1) is 22.5. The summed E-state index contributed by atoms with van der Waals surface area (Å²) in [6, 6.07) is 5.10. The zero-order valence-corrected chi connectivity index (χ0v) is 18.1. The van der Waals surface area contributed by atoms with Crippen molar-refractivity contribution in [3.05, 3.63) is 28.8 Å². The van der Waals surface area contributed by atoms with Gasteiger partial charge in [-0.2, -0.15) is 0 Å². The Morgan fingerprint density at radius 1 is 1.29 bits per heavy atom. The molecule has 0 unspecified atom stereocenters. The molecule has 1 amide bonds. The van der Waals surface area contributed by atoms with Crippen LogP contribution in [0.4, 0.5) is 5.69 Å². The van der Waals surface area contributed by atoms with E-state index in [1.54, 1.807) is 23.1 Å². The maximum atomic E-state index is 12.5. The molecule has 1 fully saturated rings. The van der Waals surface area contributed by atoms with Crippen LogP contribution >= 0.6 is 11.6 Å². The third kappa shape index (κ3) is 5.85. The number of halogens is 1. The van der Waals surface area contributed by atoms with Gasteiger partial charge in [0.2, 0.25) is 15.9 Å². The summed E-state index contributed by atoms with van der Waals surface area (Å²) >= 11 is 6.03. The van der Waals surface area contributed by atoms with E-state index in [0.29, 0.717) is 43.1 Å². The molecule has 1 heterocycles. The zero-order chi connectivity index (χ0) is 20.9. The van der Waals surface area contributed by atoms with Crippen molar-refractivity contribution in [3.63, 3.8) is 0 Å². The molecule has 0 atom stereocenters. The van der Waals surface area contributed by atoms with Crippen LogP contribution in [0, 0.1) is 12.8 Å². The lowest BCUT2D eigenvalue weighted by Gasteiger charge is -2.31. The highest BCUT2D eigenvalue weighted by Gasteiger charge is 2.28. The summed E-state index contributed by atoms with van der Waals surface area (Å²) in [6.07, 6.45) is 2.97. The van der Waals surface area contributed by atoms with Crippen LogP contribution in [0.25, 0.3) is 0 Å². The van der Waals surface area contributed by atoms with Crippen LogP contribution < -0.4 is 4.31 Å². The third-order valence-corrected chi connectivity index (χ3v) is 6.39. The summed E-state index contributed by atoms with van der Waals surface area (Å²) in [5.41, 5.74) is 1.33. The van der Waals surface area contributed by atoms with Gasteiger partial charge in [-0.3, -0.25) is 13.9 Å². The number of sulfonamides is 1. The van der Waals surface area contributed by atoms with Crippen LogP contribution in [0.1, 0.15) is 31.2 Å². The number of benzene rings is 1. The molecule has 0 spiro atoms. The second-order valence-corrected chi connectivity index (χ2v) is 9.39. The molecule has 0 bridgehead atoms. The van der Waals surface area contributed by atoms with Crippen molar-refractivity contribution in [2.75, 3.05) is 37.3 Å². The van der Waals surface area contributed by atoms with Crippen molar-refractivity contribution >= 4 is 39.2 Å². The highest BCUT2D eigenvalue weighted by molar-refractivity contribution is 7.92. The first-order valence-electron chi connectivity index (χ1n) is 9.23. The van der Waals surface area contributed by atoms with Crippen LogP contribution in [0.5, 0.6) is 0 Å². The highest BCUT2D eigenvalue weighted by Crippen LogP contribution is 2.27. The molecule has 1 aliphatic rings. The average Bonchev–Trinajstić information content (AvgIpc) is 2.65. The molecule has 1 aliphatic heterocycles. The van der Waals surface area contributed by atoms with Crippen molar-refractivity contribution < 1.29 is 22.7 Å². The normalized spacial score (nSPS) is 15.4. The predicted octanol–water partition coefficient (Wildman–Crippen LogP) is 2.61. The molecule has 2 rings (SSSR count). The van der Waals surface area contributed by atoms with Crippen molar-refractivity contribution in [2.24, 2.45) is 5.92 Å². The molecule has 7 nitrogen and oxygen atoms in total. The predicted molar refractivity (Wildman–Crippen MR) is 109 cm³/mol. The molecule has 0 aromatic heterocycles. The molecule has 1 aromatic carbocycles. The van der Waals surface area contributed by atoms with Gasteiger partial charge in [-0.25, -0.2) is 8.42 Å². The fourth-order valence-corrected chi connectivity index (χ4v) is 4.56. The number of carbonyl (C=O) groups is 2. The van der Waals surface area contributed by atoms with Gasteiger partial charge in [-0.15, -0.1) is 0 Å². The summed E-state index contributed by atoms with van der Waals surface area (Å²) in [5, 5.41) is 0.457. The van der Waals surface area contributed by atoms with Gasteiger partial charge in [0.05, 0.1) is 25.0 Å². The topological polar surface area (TPSA) is 84.0 Å². The standard InChI is InChI=1S/C19H27ClN2O5S/c1-14-6-7-16(20)13-17(14)22(28(3,25)26)10-4-5-18(23)21-11-8-15(9-12-21)19(24)27-2/h6-7,13,15H,4-5,8-12H2,1-3H3. The van der Waals surface area contributed by atoms with Crippen LogP contribution in [0.2, 0.25) is 5.02 Å². The lowest BCUT2D eigenvalue weighted by molar-refractivity contribution is -0.148. The quantitative estimate of drug-likeness (QED) is 0.621. The molecule has 1 aromatic rings. The minimum atomic E-state index is -3.50. The molecule has 0 saturated carbocycles. The molecule has 0 radical (unpaired) electrons. The first-order valence-corrected chi connectivity index (χ1v) is 11.5. The van der Waals surface area contributed by atoms with E-state index in [0.717, 1.165) is 11.8 Å². The number of methoxy groups -OCH3 is 1. The summed E-state index contributed by atoms with van der Waals surface area (Å²) in [4.78, 5) is 25.8. The number of rotatable bonds is 7. The molecular formula is C19H27ClN2O5S. The second-order valence-electron chi connectivity index (χ2n) is 7.05. The Labute approximate surface area is 171 Å². The lowest BCUT2D eigenvalue weighted by atomic mass is 9.97. The summed E-state index contributed by atoms with van der Waals surface area (Å²) in [6.45, 7) is 3.05. The third-order valence-electron chi connectivity index (χ3n) is 4.97. The SMILES string of the molecule is COC(=O)C1CCN(C(=O)CCCN(c2cc(Cl)ccc2C)S(C)(=O)=O)CC1. The van der Waals surface area contributed by atoms with E-state index in [2.05, 4.69) is 0 Å². The number of piperidine rings is 1. The fraction of sp³-hybridized carbons (Fsp3) is 0.579. The van der Waals surface area contributed by atoms with E-state index >= 15 is 0 Å². The number of esters is 1. The van der Waals surface area contributed by atoms with Gasteiger partial charge in [0.1, 0.15) is 0 Å². The number of nitrogens with zero attached hydrogens (tertiary/aromatic N) is 2. The van der Waals surface area contributed by atoms with Crippen molar-refractivity contribution in [1.29, 1.82) is 0 Å². The van der Waals surface area contributed by atoms with Crippen LogP contribution in [0.15, 0.2) is 18.2 Å². The number of hydrogen-bond acceptors (Lipinski definition) is 5. The van der Waals surface area contributed by atoms with Crippen LogP contribution in [-0.4, -0.2) is 58.2 Å². The number of ether oxygens (including phenoxy) is 1. The minimum Gasteiger partial charge on any atom is -0.469 e. The lowest BCUT2D eigenvalue weighted by Crippen LogP contribution is -2.41. The van der Waals surface area contributed by atoms with Gasteiger partial charge in [0.25, 0.3) is 0 Å². The van der Waals surface area contributed by atoms with Crippen molar-refractivity contribution in [2.45, 2.75) is 32.6 Å². The van der Waals surface area contributed by atoms with Gasteiger partial charge in [0, 0.05) is 31.1 Å². The van der Waals surface area contributed by atoms with E-state index in [1.807, 2.05) is 6.92 Å². The molecule has 0 N–H and O–H groups in total. The summed E-state index contributed by atoms with van der Waals surface area (Å²) in [5.74, 6) is -0.409. The first-order chi connectivity index (χ1) is 13.1. The fourth-order valence-electron chi connectivity index (χ4n) is 3.38. The maximum absolute atomic E-state index is 12.5. The smallest absolute Gasteiger partial charge is 0.308 e. The molecular weight excluding hydrogens is 404 g/mol. The van der Waals surface area contributed by atoms with Gasteiger partial charge >= 0.3 is 5.97 Å².